The fourth-order valence-corrected chi connectivity index (χ4v) is 4.81. The van der Waals surface area contributed by atoms with E-state index in [2.05, 4.69) is 40.0 Å². The van der Waals surface area contributed by atoms with Crippen LogP contribution in [0.15, 0.2) is 46.9 Å². The maximum Gasteiger partial charge on any atom is 0.254 e. The molecule has 0 saturated carbocycles. The van der Waals surface area contributed by atoms with Crippen LogP contribution >= 0.6 is 15.9 Å². The lowest BCUT2D eigenvalue weighted by molar-refractivity contribution is 0.0734. The minimum atomic E-state index is 0.0462. The van der Waals surface area contributed by atoms with Crippen LogP contribution in [0.1, 0.15) is 47.6 Å². The van der Waals surface area contributed by atoms with Gasteiger partial charge in [0.2, 0.25) is 0 Å². The number of ether oxygens (including phenoxy) is 2. The molecule has 0 spiro atoms. The van der Waals surface area contributed by atoms with E-state index in [1.807, 2.05) is 29.2 Å². The number of likely N-dealkylation sites (tertiary alicyclic amines) is 2. The van der Waals surface area contributed by atoms with Crippen LogP contribution in [0.2, 0.25) is 0 Å². The van der Waals surface area contributed by atoms with Crippen LogP contribution in [0.5, 0.6) is 11.5 Å². The lowest BCUT2D eigenvalue weighted by Gasteiger charge is -2.30. The van der Waals surface area contributed by atoms with Crippen LogP contribution in [-0.2, 0) is 0 Å². The Bertz CT molecular complexity index is 896. The minimum Gasteiger partial charge on any atom is -0.496 e. The second-order valence-electron chi connectivity index (χ2n) is 8.20. The van der Waals surface area contributed by atoms with E-state index in [9.17, 15) is 4.79 Å². The van der Waals surface area contributed by atoms with Gasteiger partial charge in [0.15, 0.2) is 0 Å². The van der Waals surface area contributed by atoms with Crippen LogP contribution in [-0.4, -0.2) is 55.6 Å². The summed E-state index contributed by atoms with van der Waals surface area (Å²) in [5, 5.41) is 0. The first-order chi connectivity index (χ1) is 14.5. The molecule has 1 atom stereocenters. The average Bonchev–Trinajstić information content (AvgIpc) is 3.25. The van der Waals surface area contributed by atoms with Crippen LogP contribution in [0.4, 0.5) is 0 Å². The van der Waals surface area contributed by atoms with E-state index < -0.39 is 0 Å². The largest absolute Gasteiger partial charge is 0.496 e. The Morgan fingerprint density at radius 3 is 2.63 bits per heavy atom. The zero-order valence-corrected chi connectivity index (χ0v) is 19.2. The van der Waals surface area contributed by atoms with Crippen molar-refractivity contribution in [1.82, 2.24) is 9.80 Å². The van der Waals surface area contributed by atoms with Gasteiger partial charge in [0.1, 0.15) is 17.6 Å². The van der Waals surface area contributed by atoms with Crippen molar-refractivity contribution in [3.05, 3.63) is 58.1 Å². The van der Waals surface area contributed by atoms with Crippen molar-refractivity contribution in [3.8, 4) is 11.5 Å². The third kappa shape index (κ3) is 4.65. The number of hydrogen-bond acceptors (Lipinski definition) is 4. The number of rotatable bonds is 5. The molecule has 4 rings (SSSR count). The molecule has 0 bridgehead atoms. The van der Waals surface area contributed by atoms with Gasteiger partial charge in [-0.15, -0.1) is 0 Å². The van der Waals surface area contributed by atoms with E-state index in [4.69, 9.17) is 9.47 Å². The number of nitrogens with zero attached hydrogens (tertiary/aromatic N) is 2. The minimum absolute atomic E-state index is 0.0462. The fourth-order valence-electron chi connectivity index (χ4n) is 4.41. The Morgan fingerprint density at radius 2 is 1.87 bits per heavy atom. The molecule has 2 aromatic carbocycles. The van der Waals surface area contributed by atoms with Crippen molar-refractivity contribution in [2.75, 3.05) is 33.8 Å². The standard InChI is InChI=1S/C24H29BrN2O3/c1-26-13-10-19(11-14-26)30-20-6-3-5-17(15-20)22-7-4-12-27(22)24(28)18-8-9-21(25)23(16-18)29-2/h3,5-6,8-9,15-16,19,22H,4,7,10-14H2,1-2H3. The number of piperidine rings is 1. The van der Waals surface area contributed by atoms with E-state index in [-0.39, 0.29) is 18.1 Å². The number of amides is 1. The molecule has 2 heterocycles. The smallest absolute Gasteiger partial charge is 0.254 e. The van der Waals surface area contributed by atoms with Crippen molar-refractivity contribution in [1.29, 1.82) is 0 Å². The highest BCUT2D eigenvalue weighted by molar-refractivity contribution is 9.10. The number of carbonyl (C=O) groups is 1. The molecule has 2 aliphatic rings. The number of methoxy groups -OCH3 is 1. The second-order valence-corrected chi connectivity index (χ2v) is 9.05. The van der Waals surface area contributed by atoms with E-state index in [0.717, 1.165) is 61.1 Å². The topological polar surface area (TPSA) is 42.0 Å². The van der Waals surface area contributed by atoms with Gasteiger partial charge < -0.3 is 19.3 Å². The van der Waals surface area contributed by atoms with Crippen molar-refractivity contribution in [2.45, 2.75) is 37.8 Å². The maximum atomic E-state index is 13.3. The Hall–Kier alpha value is -2.05. The van der Waals surface area contributed by atoms with Gasteiger partial charge in [-0.2, -0.15) is 0 Å². The molecule has 2 aromatic rings. The first kappa shape index (κ1) is 21.2. The molecule has 0 N–H and O–H groups in total. The molecule has 1 amide bonds. The highest BCUT2D eigenvalue weighted by atomic mass is 79.9. The highest BCUT2D eigenvalue weighted by Gasteiger charge is 2.31. The number of carbonyl (C=O) groups excluding carboxylic acids is 1. The fraction of sp³-hybridized carbons (Fsp3) is 0.458. The second kappa shape index (κ2) is 9.40. The van der Waals surface area contributed by atoms with Gasteiger partial charge in [0, 0.05) is 25.2 Å². The molecule has 5 nitrogen and oxygen atoms in total. The lowest BCUT2D eigenvalue weighted by atomic mass is 10.0. The van der Waals surface area contributed by atoms with Gasteiger partial charge in [-0.25, -0.2) is 0 Å². The molecule has 30 heavy (non-hydrogen) atoms. The molecule has 2 saturated heterocycles. The Morgan fingerprint density at radius 1 is 1.07 bits per heavy atom. The summed E-state index contributed by atoms with van der Waals surface area (Å²) in [6.45, 7) is 2.92. The summed E-state index contributed by atoms with van der Waals surface area (Å²) in [4.78, 5) is 17.6. The summed E-state index contributed by atoms with van der Waals surface area (Å²) in [5.74, 6) is 1.63. The van der Waals surface area contributed by atoms with E-state index in [1.54, 1.807) is 13.2 Å². The first-order valence-electron chi connectivity index (χ1n) is 10.6. The van der Waals surface area contributed by atoms with Gasteiger partial charge >= 0.3 is 0 Å². The van der Waals surface area contributed by atoms with Crippen molar-refractivity contribution in [3.63, 3.8) is 0 Å². The molecule has 160 valence electrons. The highest BCUT2D eigenvalue weighted by Crippen LogP contribution is 2.36. The Labute approximate surface area is 187 Å². The molecule has 0 aromatic heterocycles. The average molecular weight is 473 g/mol. The summed E-state index contributed by atoms with van der Waals surface area (Å²) < 4.78 is 12.5. The van der Waals surface area contributed by atoms with Gasteiger partial charge in [0.25, 0.3) is 5.91 Å². The third-order valence-electron chi connectivity index (χ3n) is 6.12. The molecule has 6 heteroatoms. The SMILES string of the molecule is COc1cc(C(=O)N2CCCC2c2cccc(OC3CCN(C)CC3)c2)ccc1Br. The predicted octanol–water partition coefficient (Wildman–Crippen LogP) is 4.91. The first-order valence-corrected chi connectivity index (χ1v) is 11.4. The summed E-state index contributed by atoms with van der Waals surface area (Å²) in [5.41, 5.74) is 1.80. The number of halogens is 1. The molecule has 2 fully saturated rings. The van der Waals surface area contributed by atoms with Crippen LogP contribution in [0.25, 0.3) is 0 Å². The Balaban J connectivity index is 1.50. The molecular formula is C24H29BrN2O3. The monoisotopic (exact) mass is 472 g/mol. The van der Waals surface area contributed by atoms with Gasteiger partial charge in [-0.1, -0.05) is 12.1 Å². The molecule has 1 unspecified atom stereocenters. The molecule has 2 aliphatic heterocycles. The third-order valence-corrected chi connectivity index (χ3v) is 6.78. The predicted molar refractivity (Wildman–Crippen MR) is 121 cm³/mol. The van der Waals surface area contributed by atoms with Gasteiger partial charge in [-0.05, 0) is 84.6 Å². The summed E-state index contributed by atoms with van der Waals surface area (Å²) in [7, 11) is 3.77. The van der Waals surface area contributed by atoms with Gasteiger partial charge in [0.05, 0.1) is 17.6 Å². The van der Waals surface area contributed by atoms with E-state index in [0.29, 0.717) is 11.3 Å². The lowest BCUT2D eigenvalue weighted by Crippen LogP contribution is -2.35. The van der Waals surface area contributed by atoms with Gasteiger partial charge in [-0.3, -0.25) is 4.79 Å². The summed E-state index contributed by atoms with van der Waals surface area (Å²) >= 11 is 3.46. The van der Waals surface area contributed by atoms with Crippen LogP contribution in [0.3, 0.4) is 0 Å². The number of hydrogen-bond donors (Lipinski definition) is 0. The van der Waals surface area contributed by atoms with Crippen molar-refractivity contribution < 1.29 is 14.3 Å². The summed E-state index contributed by atoms with van der Waals surface area (Å²) in [6, 6.07) is 13.9. The maximum absolute atomic E-state index is 13.3. The molecular weight excluding hydrogens is 444 g/mol. The Kier molecular flexibility index (Phi) is 6.64. The van der Waals surface area contributed by atoms with E-state index in [1.165, 1.54) is 0 Å². The summed E-state index contributed by atoms with van der Waals surface area (Å²) in [6.07, 6.45) is 4.36. The van der Waals surface area contributed by atoms with Crippen LogP contribution in [0, 0.1) is 0 Å². The number of benzene rings is 2. The molecule has 0 radical (unpaired) electrons. The quantitative estimate of drug-likeness (QED) is 0.619. The van der Waals surface area contributed by atoms with E-state index >= 15 is 0 Å². The zero-order chi connectivity index (χ0) is 21.1. The normalized spacial score (nSPS) is 20.4. The van der Waals surface area contributed by atoms with Crippen molar-refractivity contribution in [2.24, 2.45) is 0 Å². The van der Waals surface area contributed by atoms with Crippen molar-refractivity contribution >= 4 is 21.8 Å². The van der Waals surface area contributed by atoms with Crippen LogP contribution < -0.4 is 9.47 Å². The molecule has 0 aliphatic carbocycles. The zero-order valence-electron chi connectivity index (χ0n) is 17.6.